The van der Waals surface area contributed by atoms with Crippen molar-refractivity contribution in [2.24, 2.45) is 16.8 Å². The van der Waals surface area contributed by atoms with Crippen molar-refractivity contribution in [1.82, 2.24) is 0 Å². The monoisotopic (exact) mass is 279 g/mol. The molecule has 0 aromatic carbocycles. The molecule has 5 nitrogen and oxygen atoms in total. The molecule has 2 heterocycles. The lowest BCUT2D eigenvalue weighted by Crippen LogP contribution is -2.50. The van der Waals surface area contributed by atoms with Gasteiger partial charge in [0.25, 0.3) is 0 Å². The summed E-state index contributed by atoms with van der Waals surface area (Å²) in [5.41, 5.74) is -1.17. The summed E-state index contributed by atoms with van der Waals surface area (Å²) in [6.07, 6.45) is 1.08. The molecule has 0 saturated carbocycles. The Labute approximate surface area is 119 Å². The van der Waals surface area contributed by atoms with Crippen LogP contribution in [-0.4, -0.2) is 25.1 Å². The van der Waals surface area contributed by atoms with E-state index in [9.17, 15) is 4.79 Å². The number of furan rings is 1. The fourth-order valence-electron chi connectivity index (χ4n) is 2.42. The van der Waals surface area contributed by atoms with Gasteiger partial charge in [-0.3, -0.25) is 0 Å². The van der Waals surface area contributed by atoms with E-state index in [0.29, 0.717) is 11.7 Å². The number of hydrogen-bond acceptors (Lipinski definition) is 5. The van der Waals surface area contributed by atoms with Gasteiger partial charge in [0, 0.05) is 0 Å². The molecule has 0 amide bonds. The Morgan fingerprint density at radius 3 is 2.50 bits per heavy atom. The van der Waals surface area contributed by atoms with E-state index in [4.69, 9.17) is 13.9 Å². The zero-order valence-corrected chi connectivity index (χ0v) is 12.5. The van der Waals surface area contributed by atoms with E-state index < -0.39 is 11.6 Å². The van der Waals surface area contributed by atoms with Crippen LogP contribution in [0, 0.1) is 11.8 Å². The van der Waals surface area contributed by atoms with Gasteiger partial charge in [-0.15, -0.1) is 0 Å². The van der Waals surface area contributed by atoms with Crippen LogP contribution >= 0.6 is 0 Å². The van der Waals surface area contributed by atoms with Crippen LogP contribution in [-0.2, 0) is 19.8 Å². The van der Waals surface area contributed by atoms with Gasteiger partial charge in [-0.1, -0.05) is 27.7 Å². The SMILES string of the molecule is COC1=N[C@](c2ccco2)(C(C)C)C(=O)O[C@H]1C(C)C. The van der Waals surface area contributed by atoms with Gasteiger partial charge >= 0.3 is 5.97 Å². The molecule has 0 spiro atoms. The Morgan fingerprint density at radius 2 is 2.05 bits per heavy atom. The highest BCUT2D eigenvalue weighted by Gasteiger charge is 2.53. The molecule has 2 rings (SSSR count). The first-order chi connectivity index (χ1) is 9.43. The van der Waals surface area contributed by atoms with Gasteiger partial charge in [0.1, 0.15) is 5.76 Å². The van der Waals surface area contributed by atoms with Gasteiger partial charge < -0.3 is 13.9 Å². The molecule has 0 saturated heterocycles. The number of cyclic esters (lactones) is 1. The van der Waals surface area contributed by atoms with E-state index in [2.05, 4.69) is 4.99 Å². The maximum Gasteiger partial charge on any atom is 0.343 e. The van der Waals surface area contributed by atoms with Crippen molar-refractivity contribution < 1.29 is 18.7 Å². The van der Waals surface area contributed by atoms with Crippen molar-refractivity contribution in [3.05, 3.63) is 24.2 Å². The lowest BCUT2D eigenvalue weighted by atomic mass is 9.83. The maximum absolute atomic E-state index is 12.6. The third-order valence-corrected chi connectivity index (χ3v) is 3.62. The smallest absolute Gasteiger partial charge is 0.343 e. The first-order valence-corrected chi connectivity index (χ1v) is 6.82. The fraction of sp³-hybridized carbons (Fsp3) is 0.600. The number of ether oxygens (including phenoxy) is 2. The highest BCUT2D eigenvalue weighted by atomic mass is 16.6. The second kappa shape index (κ2) is 5.31. The zero-order chi connectivity index (χ0) is 14.9. The van der Waals surface area contributed by atoms with Gasteiger partial charge in [0.05, 0.1) is 13.4 Å². The molecule has 0 N–H and O–H groups in total. The van der Waals surface area contributed by atoms with Crippen LogP contribution in [0.1, 0.15) is 33.5 Å². The number of carbonyl (C=O) groups excluding carboxylic acids is 1. The van der Waals surface area contributed by atoms with Crippen molar-refractivity contribution >= 4 is 11.9 Å². The molecule has 20 heavy (non-hydrogen) atoms. The van der Waals surface area contributed by atoms with Gasteiger partial charge in [0.15, 0.2) is 6.10 Å². The Hall–Kier alpha value is -1.78. The number of methoxy groups -OCH3 is 1. The summed E-state index contributed by atoms with van der Waals surface area (Å²) in [5, 5.41) is 0. The molecule has 1 aliphatic rings. The van der Waals surface area contributed by atoms with E-state index in [0.717, 1.165) is 0 Å². The summed E-state index contributed by atoms with van der Waals surface area (Å²) < 4.78 is 16.4. The molecule has 0 aliphatic carbocycles. The average Bonchev–Trinajstić information content (AvgIpc) is 2.92. The molecule has 5 heteroatoms. The van der Waals surface area contributed by atoms with Gasteiger partial charge in [-0.25, -0.2) is 9.79 Å². The molecule has 1 aromatic heterocycles. The van der Waals surface area contributed by atoms with E-state index in [-0.39, 0.29) is 17.8 Å². The summed E-state index contributed by atoms with van der Waals surface area (Å²) in [7, 11) is 1.54. The number of rotatable bonds is 3. The topological polar surface area (TPSA) is 61.0 Å². The Morgan fingerprint density at radius 1 is 1.35 bits per heavy atom. The fourth-order valence-corrected chi connectivity index (χ4v) is 2.42. The molecular formula is C15H21NO4. The first-order valence-electron chi connectivity index (χ1n) is 6.82. The number of hydrogen-bond donors (Lipinski definition) is 0. The zero-order valence-electron chi connectivity index (χ0n) is 12.5. The van der Waals surface area contributed by atoms with Crippen LogP contribution in [0.15, 0.2) is 27.8 Å². The minimum absolute atomic E-state index is 0.0967. The number of nitrogens with zero attached hydrogens (tertiary/aromatic N) is 1. The minimum Gasteiger partial charge on any atom is -0.482 e. The Kier molecular flexibility index (Phi) is 3.88. The molecule has 0 unspecified atom stereocenters. The van der Waals surface area contributed by atoms with Gasteiger partial charge in [0.2, 0.25) is 11.4 Å². The average molecular weight is 279 g/mol. The Balaban J connectivity index is 2.58. The lowest BCUT2D eigenvalue weighted by molar-refractivity contribution is -0.160. The van der Waals surface area contributed by atoms with E-state index in [1.807, 2.05) is 27.7 Å². The molecule has 0 fully saturated rings. The van der Waals surface area contributed by atoms with Crippen LogP contribution < -0.4 is 0 Å². The molecule has 2 atom stereocenters. The largest absolute Gasteiger partial charge is 0.482 e. The molecule has 1 aromatic rings. The highest BCUT2D eigenvalue weighted by Crippen LogP contribution is 2.39. The van der Waals surface area contributed by atoms with Crippen LogP contribution in [0.2, 0.25) is 0 Å². The molecule has 1 aliphatic heterocycles. The van der Waals surface area contributed by atoms with Crippen molar-refractivity contribution in [3.63, 3.8) is 0 Å². The summed E-state index contributed by atoms with van der Waals surface area (Å²) in [6, 6.07) is 3.48. The number of carbonyl (C=O) groups is 1. The van der Waals surface area contributed by atoms with Crippen LogP contribution in [0.4, 0.5) is 0 Å². The van der Waals surface area contributed by atoms with Crippen molar-refractivity contribution in [3.8, 4) is 0 Å². The molecule has 0 radical (unpaired) electrons. The second-order valence-electron chi connectivity index (χ2n) is 5.62. The predicted octanol–water partition coefficient (Wildman–Crippen LogP) is 2.76. The Bertz CT molecular complexity index is 504. The second-order valence-corrected chi connectivity index (χ2v) is 5.62. The highest BCUT2D eigenvalue weighted by molar-refractivity contribution is 5.94. The van der Waals surface area contributed by atoms with Crippen LogP contribution in [0.5, 0.6) is 0 Å². The van der Waals surface area contributed by atoms with Crippen LogP contribution in [0.3, 0.4) is 0 Å². The predicted molar refractivity (Wildman–Crippen MR) is 74.4 cm³/mol. The van der Waals surface area contributed by atoms with Crippen molar-refractivity contribution in [2.75, 3.05) is 7.11 Å². The third-order valence-electron chi connectivity index (χ3n) is 3.62. The minimum atomic E-state index is -1.17. The maximum atomic E-state index is 12.6. The summed E-state index contributed by atoms with van der Waals surface area (Å²) in [6.45, 7) is 7.75. The lowest BCUT2D eigenvalue weighted by Gasteiger charge is -2.37. The summed E-state index contributed by atoms with van der Waals surface area (Å²) >= 11 is 0. The molecular weight excluding hydrogens is 258 g/mol. The van der Waals surface area contributed by atoms with E-state index in [1.54, 1.807) is 19.2 Å². The van der Waals surface area contributed by atoms with E-state index in [1.165, 1.54) is 6.26 Å². The summed E-state index contributed by atoms with van der Waals surface area (Å²) in [4.78, 5) is 17.2. The normalized spacial score (nSPS) is 26.6. The summed E-state index contributed by atoms with van der Waals surface area (Å²) in [5.74, 6) is 0.514. The van der Waals surface area contributed by atoms with Crippen molar-refractivity contribution in [1.29, 1.82) is 0 Å². The quantitative estimate of drug-likeness (QED) is 0.798. The number of esters is 1. The van der Waals surface area contributed by atoms with Crippen molar-refractivity contribution in [2.45, 2.75) is 39.3 Å². The third kappa shape index (κ3) is 2.11. The van der Waals surface area contributed by atoms with Gasteiger partial charge in [-0.2, -0.15) is 0 Å². The first kappa shape index (κ1) is 14.6. The molecule has 110 valence electrons. The number of aliphatic imine (C=N–C) groups is 1. The standard InChI is InChI=1S/C15H21NO4/c1-9(2)12-13(18-5)16-15(10(3)4,14(17)20-12)11-7-6-8-19-11/h6-10,12H,1-5H3/t12-,15-/m0/s1. The molecule has 0 bridgehead atoms. The van der Waals surface area contributed by atoms with Crippen LogP contribution in [0.25, 0.3) is 0 Å². The van der Waals surface area contributed by atoms with Gasteiger partial charge in [-0.05, 0) is 24.0 Å². The van der Waals surface area contributed by atoms with E-state index >= 15 is 0 Å².